The number of nitrogens with zero attached hydrogens (tertiary/aromatic N) is 4. The van der Waals surface area contributed by atoms with Crippen molar-refractivity contribution in [2.45, 2.75) is 32.6 Å². The number of amides is 2. The highest BCUT2D eigenvalue weighted by Gasteiger charge is 2.32. The number of fused-ring (bicyclic) bond motifs is 1. The van der Waals surface area contributed by atoms with Gasteiger partial charge in [-0.05, 0) is 30.4 Å². The predicted octanol–water partition coefficient (Wildman–Crippen LogP) is 3.36. The number of carbonyl (C=O) groups is 1. The van der Waals surface area contributed by atoms with E-state index in [-0.39, 0.29) is 33.8 Å². The van der Waals surface area contributed by atoms with E-state index in [2.05, 4.69) is 27.2 Å². The maximum Gasteiger partial charge on any atom is 0.347 e. The Bertz CT molecular complexity index is 1220. The first-order valence-corrected chi connectivity index (χ1v) is 9.58. The van der Waals surface area contributed by atoms with Crippen molar-refractivity contribution in [3.05, 3.63) is 56.5 Å². The normalized spacial score (nSPS) is 15.2. The smallest absolute Gasteiger partial charge is 0.347 e. The maximum absolute atomic E-state index is 12.4. The largest absolute Gasteiger partial charge is 0.436 e. The molecule has 1 aliphatic carbocycles. The van der Waals surface area contributed by atoms with E-state index in [1.807, 2.05) is 19.9 Å². The molecule has 10 heteroatoms. The summed E-state index contributed by atoms with van der Waals surface area (Å²) in [6, 6.07) is 4.53. The van der Waals surface area contributed by atoms with Crippen molar-refractivity contribution in [1.29, 1.82) is 5.26 Å². The molecule has 2 heterocycles. The fourth-order valence-corrected chi connectivity index (χ4v) is 3.57. The van der Waals surface area contributed by atoms with Gasteiger partial charge in [0, 0.05) is 17.2 Å². The van der Waals surface area contributed by atoms with Crippen LogP contribution in [0.15, 0.2) is 34.3 Å². The number of H-pyrrole nitrogens is 1. The third-order valence-corrected chi connectivity index (χ3v) is 5.24. The Morgan fingerprint density at radius 2 is 2.03 bits per heavy atom. The van der Waals surface area contributed by atoms with Gasteiger partial charge in [0.2, 0.25) is 5.88 Å². The topological polar surface area (TPSA) is 123 Å². The number of urea groups is 1. The lowest BCUT2D eigenvalue weighted by molar-refractivity contribution is 0.248. The van der Waals surface area contributed by atoms with Crippen LogP contribution in [0.4, 0.5) is 10.5 Å². The minimum Gasteiger partial charge on any atom is -0.436 e. The van der Waals surface area contributed by atoms with Gasteiger partial charge in [0.05, 0.1) is 16.4 Å². The lowest BCUT2D eigenvalue weighted by Crippen LogP contribution is -2.43. The molecule has 2 aliphatic rings. The number of hydrogen-bond donors (Lipinski definition) is 2. The summed E-state index contributed by atoms with van der Waals surface area (Å²) >= 11 is 6.48. The number of aromatic nitrogens is 2. The average molecular weight is 425 g/mol. The molecule has 2 aromatic rings. The second kappa shape index (κ2) is 7.31. The van der Waals surface area contributed by atoms with Gasteiger partial charge in [0.15, 0.2) is 11.5 Å². The second-order valence-corrected chi connectivity index (χ2v) is 7.60. The first kappa shape index (κ1) is 19.7. The van der Waals surface area contributed by atoms with Crippen LogP contribution in [-0.2, 0) is 12.8 Å². The third kappa shape index (κ3) is 3.21. The predicted molar refractivity (Wildman–Crippen MR) is 111 cm³/mol. The van der Waals surface area contributed by atoms with E-state index in [1.165, 1.54) is 0 Å². The van der Waals surface area contributed by atoms with Crippen LogP contribution in [0.2, 0.25) is 5.02 Å². The summed E-state index contributed by atoms with van der Waals surface area (Å²) in [4.78, 5) is 24.3. The summed E-state index contributed by atoms with van der Waals surface area (Å²) in [5, 5.41) is 23.5. The summed E-state index contributed by atoms with van der Waals surface area (Å²) < 4.78 is 5.91. The van der Waals surface area contributed by atoms with Gasteiger partial charge in [-0.15, -0.1) is 5.10 Å². The summed E-state index contributed by atoms with van der Waals surface area (Å²) in [5.41, 5.74) is 2.58. The molecule has 30 heavy (non-hydrogen) atoms. The standard InChI is InChI=1S/C20H17ClN6O3/c1-9(2)13-6-17(24-25-19(13)28)30-18-12-5-4-11(12)16(7-14(18)21)27-20(29)23-10(3)15(8-22)26-27/h6-7,9H,3-5H2,1-2H3,(H,23,29)(H,25,28). The Kier molecular flexibility index (Phi) is 4.79. The van der Waals surface area contributed by atoms with Crippen LogP contribution in [-0.4, -0.2) is 21.9 Å². The van der Waals surface area contributed by atoms with Crippen molar-refractivity contribution in [2.75, 3.05) is 5.01 Å². The van der Waals surface area contributed by atoms with E-state index in [1.54, 1.807) is 12.1 Å². The van der Waals surface area contributed by atoms with E-state index < -0.39 is 6.03 Å². The fraction of sp³-hybridized carbons (Fsp3) is 0.250. The molecule has 0 bridgehead atoms. The van der Waals surface area contributed by atoms with Crippen LogP contribution in [0.3, 0.4) is 0 Å². The van der Waals surface area contributed by atoms with Crippen LogP contribution in [0.1, 0.15) is 36.5 Å². The van der Waals surface area contributed by atoms with Crippen molar-refractivity contribution in [3.8, 4) is 17.7 Å². The van der Waals surface area contributed by atoms with Crippen LogP contribution in [0.25, 0.3) is 0 Å². The number of allylic oxidation sites excluding steroid dienone is 1. The summed E-state index contributed by atoms with van der Waals surface area (Å²) in [7, 11) is 0. The second-order valence-electron chi connectivity index (χ2n) is 7.19. The Labute approximate surface area is 176 Å². The molecule has 0 saturated heterocycles. The van der Waals surface area contributed by atoms with E-state index in [0.29, 0.717) is 29.8 Å². The number of nitriles is 1. The highest BCUT2D eigenvalue weighted by Crippen LogP contribution is 2.45. The molecule has 0 atom stereocenters. The van der Waals surface area contributed by atoms with E-state index in [9.17, 15) is 14.9 Å². The van der Waals surface area contributed by atoms with Crippen LogP contribution >= 0.6 is 11.6 Å². The summed E-state index contributed by atoms with van der Waals surface area (Å²) in [5.74, 6) is 0.639. The molecule has 152 valence electrons. The molecule has 0 saturated carbocycles. The van der Waals surface area contributed by atoms with Crippen molar-refractivity contribution < 1.29 is 9.53 Å². The Morgan fingerprint density at radius 1 is 1.30 bits per heavy atom. The van der Waals surface area contributed by atoms with Gasteiger partial charge in [-0.1, -0.05) is 32.0 Å². The molecule has 0 fully saturated rings. The summed E-state index contributed by atoms with van der Waals surface area (Å²) in [6.07, 6.45) is 1.38. The molecule has 9 nitrogen and oxygen atoms in total. The van der Waals surface area contributed by atoms with Gasteiger partial charge in [0.1, 0.15) is 6.07 Å². The molecule has 4 rings (SSSR count). The monoisotopic (exact) mass is 424 g/mol. The lowest BCUT2D eigenvalue weighted by Gasteiger charge is -2.31. The van der Waals surface area contributed by atoms with Crippen molar-refractivity contribution >= 4 is 29.0 Å². The minimum absolute atomic E-state index is 0.000517. The molecule has 0 spiro atoms. The number of rotatable bonds is 4. The molecule has 1 aromatic heterocycles. The van der Waals surface area contributed by atoms with Crippen molar-refractivity contribution in [2.24, 2.45) is 5.10 Å². The molecule has 2 N–H and O–H groups in total. The maximum atomic E-state index is 12.4. The van der Waals surface area contributed by atoms with Crippen LogP contribution < -0.4 is 20.6 Å². The Balaban J connectivity index is 1.74. The first-order valence-electron chi connectivity index (χ1n) is 9.21. The Hall–Kier alpha value is -3.64. The van der Waals surface area contributed by atoms with Crippen LogP contribution in [0, 0.1) is 11.3 Å². The number of aromatic amines is 1. The zero-order valence-corrected chi connectivity index (χ0v) is 17.0. The van der Waals surface area contributed by atoms with Crippen molar-refractivity contribution in [1.82, 2.24) is 15.5 Å². The number of ether oxygens (including phenoxy) is 1. The molecule has 0 radical (unpaired) electrons. The zero-order valence-electron chi connectivity index (χ0n) is 16.2. The van der Waals surface area contributed by atoms with Gasteiger partial charge in [-0.2, -0.15) is 15.4 Å². The van der Waals surface area contributed by atoms with Gasteiger partial charge in [-0.3, -0.25) is 4.79 Å². The summed E-state index contributed by atoms with van der Waals surface area (Å²) in [6.45, 7) is 7.41. The molecular weight excluding hydrogens is 408 g/mol. The minimum atomic E-state index is -0.526. The van der Waals surface area contributed by atoms with Gasteiger partial charge in [0.25, 0.3) is 5.56 Å². The lowest BCUT2D eigenvalue weighted by atomic mass is 9.86. The van der Waals surface area contributed by atoms with Crippen molar-refractivity contribution in [3.63, 3.8) is 0 Å². The fourth-order valence-electron chi connectivity index (χ4n) is 3.31. The number of hydrazone groups is 1. The number of carbonyl (C=O) groups excluding carboxylic acids is 1. The molecular formula is C20H17ClN6O3. The molecule has 1 aromatic carbocycles. The highest BCUT2D eigenvalue weighted by molar-refractivity contribution is 6.32. The van der Waals surface area contributed by atoms with Gasteiger partial charge < -0.3 is 10.1 Å². The van der Waals surface area contributed by atoms with Crippen LogP contribution in [0.5, 0.6) is 11.6 Å². The number of halogens is 1. The SMILES string of the molecule is C=C1NC(=O)N(c2cc(Cl)c(Oc3cc(C(C)C)c(=O)[nH]n3)c3c2CC3)N=C1C#N. The number of anilines is 1. The zero-order chi connectivity index (χ0) is 21.6. The van der Waals surface area contributed by atoms with E-state index in [4.69, 9.17) is 16.3 Å². The number of nitrogens with one attached hydrogen (secondary N) is 2. The molecule has 2 amide bonds. The quantitative estimate of drug-likeness (QED) is 0.778. The van der Waals surface area contributed by atoms with E-state index >= 15 is 0 Å². The Morgan fingerprint density at radius 3 is 2.67 bits per heavy atom. The van der Waals surface area contributed by atoms with Gasteiger partial charge >= 0.3 is 6.03 Å². The number of benzene rings is 1. The van der Waals surface area contributed by atoms with E-state index in [0.717, 1.165) is 16.1 Å². The molecule has 1 aliphatic heterocycles. The highest BCUT2D eigenvalue weighted by atomic mass is 35.5. The third-order valence-electron chi connectivity index (χ3n) is 4.96. The average Bonchev–Trinajstić information content (AvgIpc) is 2.66. The number of hydrogen-bond acceptors (Lipinski definition) is 6. The molecule has 0 unspecified atom stereocenters. The first-order chi connectivity index (χ1) is 14.3. The van der Waals surface area contributed by atoms with Gasteiger partial charge in [-0.25, -0.2) is 9.89 Å².